The number of amides is 1. The van der Waals surface area contributed by atoms with E-state index in [-0.39, 0.29) is 10.2 Å². The number of rotatable bonds is 2. The Labute approximate surface area is 162 Å². The second-order valence-corrected chi connectivity index (χ2v) is 10.1. The van der Waals surface area contributed by atoms with E-state index >= 15 is 0 Å². The molecule has 0 aliphatic carbocycles. The molecule has 1 heterocycles. The molecule has 1 amide bonds. The Bertz CT molecular complexity index is 751. The third-order valence-electron chi connectivity index (χ3n) is 2.92. The van der Waals surface area contributed by atoms with Gasteiger partial charge in [-0.15, -0.1) is 13.2 Å². The van der Waals surface area contributed by atoms with Crippen LogP contribution in [0.25, 0.3) is 0 Å². The van der Waals surface area contributed by atoms with Crippen molar-refractivity contribution >= 4 is 53.7 Å². The topological polar surface area (TPSA) is 50.4 Å². The van der Waals surface area contributed by atoms with Crippen LogP contribution in [-0.2, 0) is 10.9 Å². The maximum Gasteiger partial charge on any atom is 0.573 e. The van der Waals surface area contributed by atoms with Crippen molar-refractivity contribution in [2.45, 2.75) is 23.2 Å². The average Bonchev–Trinajstić information content (AvgIpc) is 2.76. The fourth-order valence-electron chi connectivity index (χ4n) is 1.88. The van der Waals surface area contributed by atoms with Gasteiger partial charge in [0.15, 0.2) is 22.0 Å². The molecule has 2 rings (SSSR count). The van der Waals surface area contributed by atoms with E-state index < -0.39 is 43.9 Å². The maximum absolute atomic E-state index is 12.8. The van der Waals surface area contributed by atoms with Gasteiger partial charge in [-0.05, 0) is 34.1 Å². The average molecular weight is 531 g/mol. The molecule has 1 aromatic rings. The molecule has 26 heavy (non-hydrogen) atoms. The predicted molar refractivity (Wildman–Crippen MR) is 91.8 cm³/mol. The molecule has 0 saturated heterocycles. The van der Waals surface area contributed by atoms with Gasteiger partial charge in [0.05, 0.1) is 5.69 Å². The lowest BCUT2D eigenvalue weighted by atomic mass is 10.3. The number of anilines is 1. The highest BCUT2D eigenvalue weighted by Crippen LogP contribution is 2.40. The molecule has 4 nitrogen and oxygen atoms in total. The summed E-state index contributed by atoms with van der Waals surface area (Å²) in [5.41, 5.74) is -0.975. The standard InChI is InChI=1S/C13H8Br2F6N2O2S/c1-11(15)23-9(12(16,17)18)5-26(11)10(24)22-8-3-2-6(4-7(8)14)25-13(19,20)21/h2-5,23H,1H3/p+1. The number of alkyl halides is 7. The van der Waals surface area contributed by atoms with Crippen molar-refractivity contribution in [3.05, 3.63) is 33.8 Å². The molecule has 0 bridgehead atoms. The van der Waals surface area contributed by atoms with Gasteiger partial charge in [-0.25, -0.2) is 4.79 Å². The summed E-state index contributed by atoms with van der Waals surface area (Å²) < 4.78 is 77.5. The van der Waals surface area contributed by atoms with Crippen molar-refractivity contribution in [1.29, 1.82) is 0 Å². The number of hydrogen-bond acceptors (Lipinski definition) is 3. The van der Waals surface area contributed by atoms with Gasteiger partial charge in [0.2, 0.25) is 0 Å². The quantitative estimate of drug-likeness (QED) is 0.227. The third-order valence-corrected chi connectivity index (χ3v) is 6.72. The fourth-order valence-corrected chi connectivity index (χ4v) is 4.81. The monoisotopic (exact) mass is 529 g/mol. The molecule has 0 spiro atoms. The Balaban J connectivity index is 2.18. The van der Waals surface area contributed by atoms with Gasteiger partial charge in [0.1, 0.15) is 5.75 Å². The number of carbonyl (C=O) groups excluding carboxylic acids is 1. The molecule has 144 valence electrons. The van der Waals surface area contributed by atoms with E-state index in [4.69, 9.17) is 0 Å². The van der Waals surface area contributed by atoms with E-state index in [2.05, 4.69) is 47.2 Å². The first-order valence-corrected chi connectivity index (χ1v) is 9.42. The van der Waals surface area contributed by atoms with Crippen LogP contribution in [0.1, 0.15) is 6.92 Å². The van der Waals surface area contributed by atoms with Gasteiger partial charge < -0.3 is 10.1 Å². The number of ether oxygens (including phenoxy) is 1. The van der Waals surface area contributed by atoms with Gasteiger partial charge in [-0.3, -0.25) is 5.32 Å². The normalized spacial score (nSPS) is 23.3. The summed E-state index contributed by atoms with van der Waals surface area (Å²) in [6, 6.07) is 3.08. The van der Waals surface area contributed by atoms with Crippen molar-refractivity contribution in [3.8, 4) is 5.75 Å². The lowest BCUT2D eigenvalue weighted by molar-refractivity contribution is -0.274. The lowest BCUT2D eigenvalue weighted by Crippen LogP contribution is -2.42. The summed E-state index contributed by atoms with van der Waals surface area (Å²) in [5.74, 6) is -0.517. The third kappa shape index (κ3) is 5.22. The van der Waals surface area contributed by atoms with Crippen LogP contribution in [0.3, 0.4) is 0 Å². The smallest absolute Gasteiger partial charge is 0.406 e. The molecule has 2 atom stereocenters. The molecule has 2 unspecified atom stereocenters. The van der Waals surface area contributed by atoms with Gasteiger partial charge in [0, 0.05) is 27.3 Å². The van der Waals surface area contributed by atoms with Crippen LogP contribution in [-0.4, -0.2) is 21.6 Å². The van der Waals surface area contributed by atoms with Crippen molar-refractivity contribution in [1.82, 2.24) is 5.32 Å². The lowest BCUT2D eigenvalue weighted by Gasteiger charge is -2.17. The molecule has 1 aliphatic heterocycles. The van der Waals surface area contributed by atoms with Crippen LogP contribution in [0, 0.1) is 0 Å². The summed E-state index contributed by atoms with van der Waals surface area (Å²) >= 11 is 6.03. The Hall–Kier alpha value is -1.08. The van der Waals surface area contributed by atoms with Crippen LogP contribution >= 0.6 is 31.9 Å². The Morgan fingerprint density at radius 1 is 1.27 bits per heavy atom. The Kier molecular flexibility index (Phi) is 5.84. The molecule has 13 heteroatoms. The molecule has 2 N–H and O–H groups in total. The van der Waals surface area contributed by atoms with Crippen molar-refractivity contribution in [2.75, 3.05) is 5.32 Å². The zero-order chi connectivity index (χ0) is 19.9. The first-order valence-electron chi connectivity index (χ1n) is 6.54. The fraction of sp³-hybridized carbons (Fsp3) is 0.308. The van der Waals surface area contributed by atoms with Gasteiger partial charge in [-0.2, -0.15) is 13.2 Å². The maximum atomic E-state index is 12.8. The number of nitrogens with one attached hydrogen (secondary N) is 2. The summed E-state index contributed by atoms with van der Waals surface area (Å²) in [7, 11) is -1.55. The predicted octanol–water partition coefficient (Wildman–Crippen LogP) is 5.57. The molecular formula is C13H9Br2F6N2O2S+. The zero-order valence-corrected chi connectivity index (χ0v) is 16.5. The number of allylic oxidation sites excluding steroid dienone is 1. The van der Waals surface area contributed by atoms with Crippen LogP contribution in [0.5, 0.6) is 5.75 Å². The van der Waals surface area contributed by atoms with Gasteiger partial charge in [0.25, 0.3) is 3.78 Å². The van der Waals surface area contributed by atoms with Crippen molar-refractivity contribution < 1.29 is 35.9 Å². The molecule has 0 saturated carbocycles. The highest BCUT2D eigenvalue weighted by molar-refractivity contribution is 9.12. The summed E-state index contributed by atoms with van der Waals surface area (Å²) in [5, 5.41) is 4.56. The molecule has 1 aliphatic rings. The molecule has 0 aromatic heterocycles. The number of benzene rings is 1. The highest BCUT2D eigenvalue weighted by atomic mass is 79.9. The van der Waals surface area contributed by atoms with E-state index in [1.54, 1.807) is 0 Å². The van der Waals surface area contributed by atoms with E-state index in [1.807, 2.05) is 0 Å². The minimum absolute atomic E-state index is 0.0691. The minimum atomic E-state index is -4.88. The number of halogens is 8. The Morgan fingerprint density at radius 2 is 1.88 bits per heavy atom. The van der Waals surface area contributed by atoms with Crippen LogP contribution in [0.4, 0.5) is 36.8 Å². The van der Waals surface area contributed by atoms with Crippen molar-refractivity contribution in [2.24, 2.45) is 0 Å². The SMILES string of the molecule is CC1(Br)NC(C(F)(F)F)=C[S+]1C(=O)Nc1ccc(OC(F)(F)F)cc1Br. The number of hydrogen-bond donors (Lipinski definition) is 2. The van der Waals surface area contributed by atoms with Crippen molar-refractivity contribution in [3.63, 3.8) is 0 Å². The van der Waals surface area contributed by atoms with Crippen LogP contribution in [0.2, 0.25) is 0 Å². The Morgan fingerprint density at radius 3 is 2.35 bits per heavy atom. The summed E-state index contributed by atoms with van der Waals surface area (Å²) in [6.45, 7) is 1.36. The van der Waals surface area contributed by atoms with Gasteiger partial charge >= 0.3 is 17.8 Å². The van der Waals surface area contributed by atoms with E-state index in [1.165, 1.54) is 6.92 Å². The van der Waals surface area contributed by atoms with Crippen LogP contribution in [0.15, 0.2) is 33.8 Å². The second kappa shape index (κ2) is 7.15. The molecule has 1 aromatic carbocycles. The first-order chi connectivity index (χ1) is 11.7. The largest absolute Gasteiger partial charge is 0.573 e. The first kappa shape index (κ1) is 21.2. The summed E-state index contributed by atoms with van der Waals surface area (Å²) in [4.78, 5) is 12.4. The van der Waals surface area contributed by atoms with Gasteiger partial charge in [-0.1, -0.05) is 0 Å². The zero-order valence-electron chi connectivity index (χ0n) is 12.6. The van der Waals surface area contributed by atoms with E-state index in [0.717, 1.165) is 23.6 Å². The second-order valence-electron chi connectivity index (χ2n) is 5.01. The van der Waals surface area contributed by atoms with E-state index in [9.17, 15) is 31.1 Å². The minimum Gasteiger partial charge on any atom is -0.406 e. The molecular weight excluding hydrogens is 522 g/mol. The van der Waals surface area contributed by atoms with E-state index in [0.29, 0.717) is 0 Å². The highest BCUT2D eigenvalue weighted by Gasteiger charge is 2.57. The molecule has 0 fully saturated rings. The van der Waals surface area contributed by atoms with Crippen LogP contribution < -0.4 is 15.4 Å². The summed E-state index contributed by atoms with van der Waals surface area (Å²) in [6.07, 6.45) is -9.52. The molecule has 0 radical (unpaired) electrons. The number of carbonyl (C=O) groups is 1.